The van der Waals surface area contributed by atoms with Crippen LogP contribution in [-0.4, -0.2) is 9.78 Å². The number of nitrogens with one attached hydrogen (secondary N) is 1. The number of aromatic nitrogens is 2. The van der Waals surface area contributed by atoms with Crippen LogP contribution in [0.5, 0.6) is 0 Å². The molecule has 0 saturated carbocycles. The van der Waals surface area contributed by atoms with Gasteiger partial charge >= 0.3 is 0 Å². The fourth-order valence-electron chi connectivity index (χ4n) is 2.22. The average Bonchev–Trinajstić information content (AvgIpc) is 2.85. The molecular weight excluding hydrogens is 246 g/mol. The molecule has 1 unspecified atom stereocenters. The summed E-state index contributed by atoms with van der Waals surface area (Å²) in [5.74, 6) is 0. The van der Waals surface area contributed by atoms with Gasteiger partial charge in [-0.3, -0.25) is 4.68 Å². The molecule has 1 atom stereocenters. The van der Waals surface area contributed by atoms with Crippen molar-refractivity contribution in [1.82, 2.24) is 9.78 Å². The first-order valence-electron chi connectivity index (χ1n) is 7.29. The van der Waals surface area contributed by atoms with Gasteiger partial charge < -0.3 is 5.32 Å². The summed E-state index contributed by atoms with van der Waals surface area (Å²) in [6, 6.07) is 9.15. The summed E-state index contributed by atoms with van der Waals surface area (Å²) in [5, 5.41) is 7.77. The molecule has 0 aliphatic carbocycles. The standard InChI is InChI=1S/C17H25N3/c1-6-20-12-16(11-18-20)19-13(2)14-7-9-15(10-8-14)17(3,4)5/h7-13,19H,6H2,1-5H3. The maximum Gasteiger partial charge on any atom is 0.0731 e. The maximum atomic E-state index is 4.28. The van der Waals surface area contributed by atoms with Crippen molar-refractivity contribution in [2.45, 2.75) is 52.6 Å². The second-order valence-corrected chi connectivity index (χ2v) is 6.32. The number of anilines is 1. The van der Waals surface area contributed by atoms with Gasteiger partial charge in [0.15, 0.2) is 0 Å². The summed E-state index contributed by atoms with van der Waals surface area (Å²) in [6.45, 7) is 11.9. The van der Waals surface area contributed by atoms with Gasteiger partial charge in [-0.15, -0.1) is 0 Å². The number of hydrogen-bond donors (Lipinski definition) is 1. The van der Waals surface area contributed by atoms with Crippen LogP contribution in [0, 0.1) is 0 Å². The molecule has 0 amide bonds. The molecule has 1 N–H and O–H groups in total. The molecule has 20 heavy (non-hydrogen) atoms. The second-order valence-electron chi connectivity index (χ2n) is 6.32. The quantitative estimate of drug-likeness (QED) is 0.894. The molecule has 0 saturated heterocycles. The van der Waals surface area contributed by atoms with Crippen molar-refractivity contribution in [2.24, 2.45) is 0 Å². The third kappa shape index (κ3) is 3.41. The number of rotatable bonds is 4. The van der Waals surface area contributed by atoms with E-state index in [2.05, 4.69) is 69.3 Å². The molecule has 3 nitrogen and oxygen atoms in total. The minimum Gasteiger partial charge on any atom is -0.376 e. The summed E-state index contributed by atoms with van der Waals surface area (Å²) in [5.41, 5.74) is 3.94. The molecule has 0 bridgehead atoms. The Hall–Kier alpha value is -1.77. The number of nitrogens with zero attached hydrogens (tertiary/aromatic N) is 2. The third-order valence-corrected chi connectivity index (χ3v) is 3.62. The molecule has 0 fully saturated rings. The van der Waals surface area contributed by atoms with E-state index in [-0.39, 0.29) is 11.5 Å². The van der Waals surface area contributed by atoms with Crippen LogP contribution in [0.15, 0.2) is 36.7 Å². The third-order valence-electron chi connectivity index (χ3n) is 3.62. The zero-order chi connectivity index (χ0) is 14.8. The van der Waals surface area contributed by atoms with Crippen LogP contribution in [0.1, 0.15) is 51.8 Å². The summed E-state index contributed by atoms with van der Waals surface area (Å²) >= 11 is 0. The molecule has 0 radical (unpaired) electrons. The van der Waals surface area contributed by atoms with Crippen molar-refractivity contribution in [3.63, 3.8) is 0 Å². The molecule has 108 valence electrons. The maximum absolute atomic E-state index is 4.28. The summed E-state index contributed by atoms with van der Waals surface area (Å²) < 4.78 is 1.93. The van der Waals surface area contributed by atoms with Crippen LogP contribution in [0.25, 0.3) is 0 Å². The largest absolute Gasteiger partial charge is 0.376 e. The van der Waals surface area contributed by atoms with Gasteiger partial charge in [-0.2, -0.15) is 5.10 Å². The predicted molar refractivity (Wildman–Crippen MR) is 85.1 cm³/mol. The van der Waals surface area contributed by atoms with Gasteiger partial charge in [0.25, 0.3) is 0 Å². The van der Waals surface area contributed by atoms with E-state index in [1.165, 1.54) is 11.1 Å². The predicted octanol–water partition coefficient (Wildman–Crippen LogP) is 4.37. The van der Waals surface area contributed by atoms with Crippen molar-refractivity contribution in [2.75, 3.05) is 5.32 Å². The minimum atomic E-state index is 0.206. The number of benzene rings is 1. The molecule has 0 aliphatic rings. The van der Waals surface area contributed by atoms with Crippen LogP contribution in [0.2, 0.25) is 0 Å². The lowest BCUT2D eigenvalue weighted by atomic mass is 9.86. The molecule has 2 rings (SSSR count). The highest BCUT2D eigenvalue weighted by Gasteiger charge is 2.14. The smallest absolute Gasteiger partial charge is 0.0731 e. The van der Waals surface area contributed by atoms with Crippen molar-refractivity contribution >= 4 is 5.69 Å². The van der Waals surface area contributed by atoms with Gasteiger partial charge in [0.2, 0.25) is 0 Å². The minimum absolute atomic E-state index is 0.206. The Morgan fingerprint density at radius 2 is 1.85 bits per heavy atom. The molecule has 1 aromatic heterocycles. The highest BCUT2D eigenvalue weighted by molar-refractivity contribution is 5.42. The van der Waals surface area contributed by atoms with E-state index in [9.17, 15) is 0 Å². The molecule has 1 aromatic carbocycles. The number of aryl methyl sites for hydroxylation is 1. The van der Waals surface area contributed by atoms with Crippen LogP contribution in [0.3, 0.4) is 0 Å². The lowest BCUT2D eigenvalue weighted by molar-refractivity contribution is 0.589. The van der Waals surface area contributed by atoms with Gasteiger partial charge in [-0.25, -0.2) is 0 Å². The summed E-state index contributed by atoms with van der Waals surface area (Å²) in [4.78, 5) is 0. The first-order chi connectivity index (χ1) is 9.40. The zero-order valence-corrected chi connectivity index (χ0v) is 13.1. The molecule has 2 aromatic rings. The SMILES string of the molecule is CCn1cc(NC(C)c2ccc(C(C)(C)C)cc2)cn1. The Morgan fingerprint density at radius 3 is 2.35 bits per heavy atom. The van der Waals surface area contributed by atoms with E-state index in [0.29, 0.717) is 0 Å². The normalized spacial score (nSPS) is 13.2. The Balaban J connectivity index is 2.07. The van der Waals surface area contributed by atoms with E-state index in [4.69, 9.17) is 0 Å². The summed E-state index contributed by atoms with van der Waals surface area (Å²) in [6.07, 6.45) is 3.92. The number of hydrogen-bond acceptors (Lipinski definition) is 2. The van der Waals surface area contributed by atoms with Crippen LogP contribution >= 0.6 is 0 Å². The van der Waals surface area contributed by atoms with Crippen LogP contribution < -0.4 is 5.32 Å². The molecule has 3 heteroatoms. The molecular formula is C17H25N3. The van der Waals surface area contributed by atoms with E-state index in [1.807, 2.05) is 17.1 Å². The molecule has 1 heterocycles. The van der Waals surface area contributed by atoms with Gasteiger partial charge in [0.05, 0.1) is 11.9 Å². The second kappa shape index (κ2) is 5.70. The molecule has 0 spiro atoms. The average molecular weight is 271 g/mol. The van der Waals surface area contributed by atoms with Crippen molar-refractivity contribution in [3.05, 3.63) is 47.8 Å². The van der Waals surface area contributed by atoms with Gasteiger partial charge in [0.1, 0.15) is 0 Å². The summed E-state index contributed by atoms with van der Waals surface area (Å²) in [7, 11) is 0. The van der Waals surface area contributed by atoms with Gasteiger partial charge in [-0.1, -0.05) is 45.0 Å². The van der Waals surface area contributed by atoms with Crippen molar-refractivity contribution in [1.29, 1.82) is 0 Å². The molecule has 0 aliphatic heterocycles. The first kappa shape index (κ1) is 14.6. The van der Waals surface area contributed by atoms with E-state index in [1.54, 1.807) is 0 Å². The zero-order valence-electron chi connectivity index (χ0n) is 13.1. The lowest BCUT2D eigenvalue weighted by Crippen LogP contribution is -2.12. The Bertz CT molecular complexity index is 546. The fourth-order valence-corrected chi connectivity index (χ4v) is 2.22. The van der Waals surface area contributed by atoms with E-state index >= 15 is 0 Å². The Labute approximate surface area is 122 Å². The monoisotopic (exact) mass is 271 g/mol. The highest BCUT2D eigenvalue weighted by atomic mass is 15.3. The van der Waals surface area contributed by atoms with E-state index in [0.717, 1.165) is 12.2 Å². The van der Waals surface area contributed by atoms with Crippen molar-refractivity contribution < 1.29 is 0 Å². The van der Waals surface area contributed by atoms with Crippen LogP contribution in [-0.2, 0) is 12.0 Å². The van der Waals surface area contributed by atoms with Gasteiger partial charge in [-0.05, 0) is 30.4 Å². The Kier molecular flexibility index (Phi) is 4.17. The van der Waals surface area contributed by atoms with Gasteiger partial charge in [0, 0.05) is 18.8 Å². The highest BCUT2D eigenvalue weighted by Crippen LogP contribution is 2.25. The fraction of sp³-hybridized carbons (Fsp3) is 0.471. The first-order valence-corrected chi connectivity index (χ1v) is 7.29. The Morgan fingerprint density at radius 1 is 1.20 bits per heavy atom. The van der Waals surface area contributed by atoms with Crippen LogP contribution in [0.4, 0.5) is 5.69 Å². The van der Waals surface area contributed by atoms with E-state index < -0.39 is 0 Å². The lowest BCUT2D eigenvalue weighted by Gasteiger charge is -2.20. The topological polar surface area (TPSA) is 29.9 Å². The van der Waals surface area contributed by atoms with Crippen molar-refractivity contribution in [3.8, 4) is 0 Å².